The van der Waals surface area contributed by atoms with E-state index in [1.54, 1.807) is 0 Å². The average Bonchev–Trinajstić information content (AvgIpc) is 2.38. The fourth-order valence-electron chi connectivity index (χ4n) is 1.06. The van der Waals surface area contributed by atoms with Gasteiger partial charge in [-0.25, -0.2) is 9.59 Å². The molecular formula is C11H4F8O4. The minimum Gasteiger partial charge on any atom is -0.418 e. The molecule has 128 valence electrons. The van der Waals surface area contributed by atoms with Crippen molar-refractivity contribution in [3.8, 4) is 11.5 Å². The van der Waals surface area contributed by atoms with Crippen LogP contribution in [0.25, 0.3) is 0 Å². The van der Waals surface area contributed by atoms with E-state index >= 15 is 0 Å². The van der Waals surface area contributed by atoms with Crippen LogP contribution >= 0.6 is 0 Å². The predicted octanol–water partition coefficient (Wildman–Crippen LogP) is 3.26. The number of ether oxygens (including phenoxy) is 2. The van der Waals surface area contributed by atoms with Crippen LogP contribution in [0.2, 0.25) is 0 Å². The van der Waals surface area contributed by atoms with Crippen LogP contribution in [0.1, 0.15) is 0 Å². The van der Waals surface area contributed by atoms with Gasteiger partial charge < -0.3 is 9.47 Å². The van der Waals surface area contributed by atoms with Gasteiger partial charge in [-0.05, 0) is 12.1 Å². The Labute approximate surface area is 121 Å². The van der Waals surface area contributed by atoms with Crippen molar-refractivity contribution in [2.45, 2.75) is 18.3 Å². The van der Waals surface area contributed by atoms with Gasteiger partial charge in [0.2, 0.25) is 0 Å². The van der Waals surface area contributed by atoms with Gasteiger partial charge in [0.05, 0.1) is 0 Å². The molecule has 1 rings (SSSR count). The fourth-order valence-corrected chi connectivity index (χ4v) is 1.06. The number of benzene rings is 1. The summed E-state index contributed by atoms with van der Waals surface area (Å²) in [4.78, 5) is 21.5. The molecule has 4 nitrogen and oxygen atoms in total. The van der Waals surface area contributed by atoms with Crippen LogP contribution in [-0.2, 0) is 9.59 Å². The van der Waals surface area contributed by atoms with Crippen LogP contribution in [-0.4, -0.2) is 30.2 Å². The van der Waals surface area contributed by atoms with E-state index in [-0.39, 0.29) is 0 Å². The maximum atomic E-state index is 12.7. The zero-order valence-corrected chi connectivity index (χ0v) is 10.5. The Bertz CT molecular complexity index is 605. The smallest absolute Gasteiger partial charge is 0.418 e. The van der Waals surface area contributed by atoms with E-state index in [9.17, 15) is 44.7 Å². The molecule has 0 aromatic heterocycles. The molecule has 0 bridgehead atoms. The van der Waals surface area contributed by atoms with Crippen LogP contribution in [0.3, 0.4) is 0 Å². The summed E-state index contributed by atoms with van der Waals surface area (Å²) in [6, 6.07) is 3.04. The first-order valence-electron chi connectivity index (χ1n) is 5.31. The van der Waals surface area contributed by atoms with Crippen LogP contribution < -0.4 is 9.47 Å². The first-order valence-corrected chi connectivity index (χ1v) is 5.31. The summed E-state index contributed by atoms with van der Waals surface area (Å²) < 4.78 is 105. The van der Waals surface area contributed by atoms with Gasteiger partial charge in [-0.3, -0.25) is 0 Å². The Morgan fingerprint density at radius 3 is 1.48 bits per heavy atom. The fraction of sp³-hybridized carbons (Fsp3) is 0.273. The van der Waals surface area contributed by atoms with E-state index in [4.69, 9.17) is 0 Å². The third-order valence-corrected chi connectivity index (χ3v) is 2.10. The average molecular weight is 352 g/mol. The number of carbonyl (C=O) groups is 2. The molecule has 0 N–H and O–H groups in total. The van der Waals surface area contributed by atoms with Crippen LogP contribution in [0, 0.1) is 0 Å². The Hall–Kier alpha value is -2.40. The molecule has 0 aliphatic rings. The molecule has 0 radical (unpaired) electrons. The summed E-state index contributed by atoms with van der Waals surface area (Å²) in [7, 11) is 0. The highest BCUT2D eigenvalue weighted by molar-refractivity contribution is 5.82. The lowest BCUT2D eigenvalue weighted by molar-refractivity contribution is -0.276. The maximum Gasteiger partial charge on any atom is 0.491 e. The Morgan fingerprint density at radius 1 is 0.739 bits per heavy atom. The minimum absolute atomic E-state index is 0.559. The highest BCUT2D eigenvalue weighted by Gasteiger charge is 2.65. The van der Waals surface area contributed by atoms with Gasteiger partial charge in [0.1, 0.15) is 0 Å². The molecule has 0 heterocycles. The van der Waals surface area contributed by atoms with E-state index in [2.05, 4.69) is 9.47 Å². The monoisotopic (exact) mass is 352 g/mol. The first kappa shape index (κ1) is 18.6. The zero-order chi connectivity index (χ0) is 18.1. The third kappa shape index (κ3) is 4.29. The van der Waals surface area contributed by atoms with E-state index < -0.39 is 41.7 Å². The summed E-state index contributed by atoms with van der Waals surface area (Å²) in [5, 5.41) is 0. The van der Waals surface area contributed by atoms with E-state index in [0.29, 0.717) is 12.1 Å². The number of alkyl halides is 8. The molecular weight excluding hydrogens is 348 g/mol. The lowest BCUT2D eigenvalue weighted by atomic mass is 10.3. The molecule has 0 saturated heterocycles. The topological polar surface area (TPSA) is 52.6 Å². The second kappa shape index (κ2) is 6.01. The van der Waals surface area contributed by atoms with Crippen molar-refractivity contribution in [1.82, 2.24) is 0 Å². The highest BCUT2D eigenvalue weighted by Crippen LogP contribution is 2.38. The number of halogens is 8. The van der Waals surface area contributed by atoms with Crippen molar-refractivity contribution < 1.29 is 54.2 Å². The van der Waals surface area contributed by atoms with Gasteiger partial charge in [-0.2, -0.15) is 35.1 Å². The molecule has 12 heteroatoms. The molecule has 0 aliphatic heterocycles. The Balaban J connectivity index is 3.03. The van der Waals surface area contributed by atoms with Gasteiger partial charge in [0.15, 0.2) is 11.5 Å². The van der Waals surface area contributed by atoms with Crippen molar-refractivity contribution >= 4 is 11.9 Å². The van der Waals surface area contributed by atoms with Crippen LogP contribution in [0.4, 0.5) is 35.1 Å². The van der Waals surface area contributed by atoms with Crippen LogP contribution in [0.5, 0.6) is 11.5 Å². The predicted molar refractivity (Wildman–Crippen MR) is 54.8 cm³/mol. The lowest BCUT2D eigenvalue weighted by Gasteiger charge is -2.18. The van der Waals surface area contributed by atoms with Gasteiger partial charge in [-0.15, -0.1) is 0 Å². The molecule has 0 fully saturated rings. The zero-order valence-electron chi connectivity index (χ0n) is 10.5. The van der Waals surface area contributed by atoms with Crippen molar-refractivity contribution in [2.24, 2.45) is 0 Å². The molecule has 1 aromatic carbocycles. The molecule has 0 unspecified atom stereocenters. The number of para-hydroxylation sites is 2. The first-order chi connectivity index (χ1) is 10.3. The number of hydrogen-bond acceptors (Lipinski definition) is 4. The Kier molecular flexibility index (Phi) is 4.87. The second-order valence-corrected chi connectivity index (χ2v) is 3.80. The van der Waals surface area contributed by atoms with Crippen molar-refractivity contribution in [3.63, 3.8) is 0 Å². The molecule has 0 atom stereocenters. The van der Waals surface area contributed by atoms with Crippen molar-refractivity contribution in [3.05, 3.63) is 24.3 Å². The summed E-state index contributed by atoms with van der Waals surface area (Å²) in [5.41, 5.74) is 0. The number of esters is 2. The molecule has 0 spiro atoms. The summed E-state index contributed by atoms with van der Waals surface area (Å²) in [5.74, 6) is -14.2. The number of carbonyl (C=O) groups excluding carboxylic acids is 2. The number of hydrogen-bond donors (Lipinski definition) is 0. The minimum atomic E-state index is -6.28. The van der Waals surface area contributed by atoms with Gasteiger partial charge in [0.25, 0.3) is 0 Å². The Morgan fingerprint density at radius 2 is 1.13 bits per heavy atom. The normalized spacial score (nSPS) is 12.7. The van der Waals surface area contributed by atoms with Crippen molar-refractivity contribution in [2.75, 3.05) is 0 Å². The van der Waals surface area contributed by atoms with Gasteiger partial charge >= 0.3 is 30.2 Å². The molecule has 0 saturated carbocycles. The standard InChI is InChI=1S/C11H4F8O4/c12-9(13,11(17,18)19)7(20)22-5-3-1-2-4-6(5)23-8(21)10(14,15)16/h1-4H. The van der Waals surface area contributed by atoms with E-state index in [1.165, 1.54) is 0 Å². The molecule has 0 amide bonds. The van der Waals surface area contributed by atoms with E-state index in [0.717, 1.165) is 12.1 Å². The SMILES string of the molecule is O=C(Oc1ccccc1OC(=O)C(F)(F)C(F)(F)F)C(F)(F)F. The third-order valence-electron chi connectivity index (χ3n) is 2.10. The summed E-state index contributed by atoms with van der Waals surface area (Å²) in [6.45, 7) is 0. The highest BCUT2D eigenvalue weighted by atomic mass is 19.4. The second-order valence-electron chi connectivity index (χ2n) is 3.80. The number of rotatable bonds is 3. The largest absolute Gasteiger partial charge is 0.491 e. The van der Waals surface area contributed by atoms with Crippen molar-refractivity contribution in [1.29, 1.82) is 0 Å². The van der Waals surface area contributed by atoms with Crippen LogP contribution in [0.15, 0.2) is 24.3 Å². The summed E-state index contributed by atoms with van der Waals surface area (Å²) in [6.07, 6.45) is -11.7. The molecule has 23 heavy (non-hydrogen) atoms. The molecule has 1 aromatic rings. The van der Waals surface area contributed by atoms with E-state index in [1.807, 2.05) is 0 Å². The summed E-state index contributed by atoms with van der Waals surface area (Å²) >= 11 is 0. The van der Waals surface area contributed by atoms with Gasteiger partial charge in [-0.1, -0.05) is 12.1 Å². The lowest BCUT2D eigenvalue weighted by Crippen LogP contribution is -2.46. The maximum absolute atomic E-state index is 12.7. The molecule has 0 aliphatic carbocycles. The quantitative estimate of drug-likeness (QED) is 0.476. The van der Waals surface area contributed by atoms with Gasteiger partial charge in [0, 0.05) is 0 Å².